The van der Waals surface area contributed by atoms with E-state index in [1.807, 2.05) is 13.8 Å². The van der Waals surface area contributed by atoms with Gasteiger partial charge in [-0.25, -0.2) is 0 Å². The van der Waals surface area contributed by atoms with Gasteiger partial charge in [-0.1, -0.05) is 6.92 Å². The zero-order valence-electron chi connectivity index (χ0n) is 5.01. The highest BCUT2D eigenvalue weighted by atomic mass is 32.1. The lowest BCUT2D eigenvalue weighted by molar-refractivity contribution is 0.217. The van der Waals surface area contributed by atoms with Crippen LogP contribution in [0.15, 0.2) is 0 Å². The Labute approximate surface area is 60.8 Å². The highest BCUT2D eigenvalue weighted by Crippen LogP contribution is 1.95. The number of hydrogen-bond donors (Lipinski definition) is 0. The van der Waals surface area contributed by atoms with Gasteiger partial charge in [-0.2, -0.15) is 0 Å². The number of thiocarbonyl (C=S) groups is 1. The van der Waals surface area contributed by atoms with Gasteiger partial charge in [0.2, 0.25) is 0 Å². The first-order valence-corrected chi connectivity index (χ1v) is 3.36. The summed E-state index contributed by atoms with van der Waals surface area (Å²) in [5.41, 5.74) is 0. The Kier molecular flexibility index (Phi) is 4.09. The predicted molar refractivity (Wildman–Crippen MR) is 40.8 cm³/mol. The molecule has 0 aromatic heterocycles. The molecule has 0 saturated carbocycles. The molecule has 3 heteroatoms. The van der Waals surface area contributed by atoms with Crippen molar-refractivity contribution in [1.82, 2.24) is 0 Å². The maximum Gasteiger partial charge on any atom is 0.0933 e. The molecule has 8 heavy (non-hydrogen) atoms. The van der Waals surface area contributed by atoms with Gasteiger partial charge in [0.15, 0.2) is 0 Å². The summed E-state index contributed by atoms with van der Waals surface area (Å²) in [6.07, 6.45) is 1.14. The van der Waals surface area contributed by atoms with Gasteiger partial charge in [-0.15, -0.1) is 0 Å². The summed E-state index contributed by atoms with van der Waals surface area (Å²) in [6, 6.07) is 0. The first-order valence-electron chi connectivity index (χ1n) is 2.54. The van der Waals surface area contributed by atoms with Crippen LogP contribution in [-0.2, 0) is 17.4 Å². The molecule has 0 aliphatic carbocycles. The summed E-state index contributed by atoms with van der Waals surface area (Å²) in [5, 5.41) is 0. The molecule has 0 radical (unpaired) electrons. The number of rotatable bonds is 2. The first-order chi connectivity index (χ1) is 3.66. The van der Waals surface area contributed by atoms with Gasteiger partial charge in [0.05, 0.1) is 6.10 Å². The van der Waals surface area contributed by atoms with Crippen LogP contribution in [0.3, 0.4) is 0 Å². The second-order valence-electron chi connectivity index (χ2n) is 1.59. The molecule has 0 aromatic carbocycles. The van der Waals surface area contributed by atoms with Crippen LogP contribution in [-0.4, -0.2) is 10.5 Å². The van der Waals surface area contributed by atoms with Crippen molar-refractivity contribution in [3.63, 3.8) is 0 Å². The SMILES string of the molecule is CCC(C)OC(=S)[S-]. The molecule has 0 aliphatic rings. The molecular weight excluding hydrogens is 140 g/mol. The first kappa shape index (κ1) is 8.11. The quantitative estimate of drug-likeness (QED) is 0.436. The standard InChI is InChI=1S/C5H10OS2/c1-3-4(2)6-5(7)8/h4H,3H2,1-2H3,(H,7,8)/p-1. The molecule has 1 unspecified atom stereocenters. The van der Waals surface area contributed by atoms with Crippen LogP contribution in [0.2, 0.25) is 0 Å². The summed E-state index contributed by atoms with van der Waals surface area (Å²) < 4.78 is 5.17. The van der Waals surface area contributed by atoms with Crippen LogP contribution in [0.5, 0.6) is 0 Å². The second kappa shape index (κ2) is 4.04. The van der Waals surface area contributed by atoms with E-state index in [1.54, 1.807) is 0 Å². The van der Waals surface area contributed by atoms with Crippen LogP contribution in [0.1, 0.15) is 20.3 Å². The van der Waals surface area contributed by atoms with Gasteiger partial charge >= 0.3 is 0 Å². The second-order valence-corrected chi connectivity index (χ2v) is 2.59. The zero-order chi connectivity index (χ0) is 6.57. The van der Waals surface area contributed by atoms with Gasteiger partial charge in [0, 0.05) is 4.38 Å². The van der Waals surface area contributed by atoms with Crippen molar-refractivity contribution < 1.29 is 4.74 Å². The molecule has 0 aliphatic heterocycles. The molecule has 0 N–H and O–H groups in total. The maximum atomic E-state index is 4.95. The molecule has 0 rings (SSSR count). The molecule has 0 aromatic rings. The third kappa shape index (κ3) is 4.27. The van der Waals surface area contributed by atoms with Crippen LogP contribution >= 0.6 is 12.2 Å². The molecule has 0 saturated heterocycles. The fourth-order valence-corrected chi connectivity index (χ4v) is 0.576. The molecule has 0 spiro atoms. The summed E-state index contributed by atoms with van der Waals surface area (Å²) in [5.74, 6) is 0. The summed E-state index contributed by atoms with van der Waals surface area (Å²) >= 11 is 9.06. The minimum Gasteiger partial charge on any atom is -0.511 e. The van der Waals surface area contributed by atoms with Crippen molar-refractivity contribution in [1.29, 1.82) is 0 Å². The van der Waals surface area contributed by atoms with E-state index in [1.165, 1.54) is 0 Å². The summed E-state index contributed by atoms with van der Waals surface area (Å²) in [4.78, 5) is 0. The van der Waals surface area contributed by atoms with Crippen molar-refractivity contribution in [2.75, 3.05) is 0 Å². The fourth-order valence-electron chi connectivity index (χ4n) is 0.248. The fraction of sp³-hybridized carbons (Fsp3) is 0.800. The predicted octanol–water partition coefficient (Wildman–Crippen LogP) is 1.63. The van der Waals surface area contributed by atoms with E-state index < -0.39 is 0 Å². The van der Waals surface area contributed by atoms with E-state index in [-0.39, 0.29) is 10.5 Å². The van der Waals surface area contributed by atoms with Gasteiger partial charge in [-0.3, -0.25) is 0 Å². The summed E-state index contributed by atoms with van der Waals surface area (Å²) in [7, 11) is 0. The van der Waals surface area contributed by atoms with E-state index in [0.717, 1.165) is 6.42 Å². The van der Waals surface area contributed by atoms with E-state index in [2.05, 4.69) is 24.8 Å². The molecular formula is C5H9OS2-. The average Bonchev–Trinajstić information content (AvgIpc) is 1.65. The van der Waals surface area contributed by atoms with E-state index in [4.69, 9.17) is 4.74 Å². The lowest BCUT2D eigenvalue weighted by Gasteiger charge is -2.14. The smallest absolute Gasteiger partial charge is 0.0933 e. The monoisotopic (exact) mass is 149 g/mol. The van der Waals surface area contributed by atoms with Crippen LogP contribution in [0.4, 0.5) is 0 Å². The van der Waals surface area contributed by atoms with Crippen molar-refractivity contribution in [3.8, 4) is 0 Å². The molecule has 0 bridgehead atoms. The van der Waals surface area contributed by atoms with Gasteiger partial charge in [0.25, 0.3) is 0 Å². The highest BCUT2D eigenvalue weighted by Gasteiger charge is 1.92. The lowest BCUT2D eigenvalue weighted by atomic mass is 10.3. The number of ether oxygens (including phenoxy) is 1. The number of hydrogen-bond acceptors (Lipinski definition) is 3. The Balaban J connectivity index is 3.24. The van der Waals surface area contributed by atoms with Gasteiger partial charge in [0.1, 0.15) is 0 Å². The van der Waals surface area contributed by atoms with E-state index in [9.17, 15) is 0 Å². The third-order valence-corrected chi connectivity index (χ3v) is 1.06. The lowest BCUT2D eigenvalue weighted by Crippen LogP contribution is -2.09. The Morgan fingerprint density at radius 2 is 2.38 bits per heavy atom. The van der Waals surface area contributed by atoms with Crippen molar-refractivity contribution >= 4 is 29.2 Å². The Bertz CT molecular complexity index is 82.5. The van der Waals surface area contributed by atoms with Gasteiger partial charge in [-0.05, 0) is 13.3 Å². The Morgan fingerprint density at radius 3 is 2.50 bits per heavy atom. The van der Waals surface area contributed by atoms with Crippen LogP contribution in [0, 0.1) is 0 Å². The minimum atomic E-state index is 0.181. The normalized spacial score (nSPS) is 12.8. The topological polar surface area (TPSA) is 9.23 Å². The van der Waals surface area contributed by atoms with Gasteiger partial charge < -0.3 is 29.6 Å². The molecule has 0 fully saturated rings. The molecule has 48 valence electrons. The molecule has 1 atom stereocenters. The average molecular weight is 149 g/mol. The summed E-state index contributed by atoms with van der Waals surface area (Å²) in [6.45, 7) is 3.97. The van der Waals surface area contributed by atoms with Crippen LogP contribution in [0.25, 0.3) is 0 Å². The zero-order valence-corrected chi connectivity index (χ0v) is 6.64. The maximum absolute atomic E-state index is 4.95. The highest BCUT2D eigenvalue weighted by molar-refractivity contribution is 7.99. The third-order valence-electron chi connectivity index (χ3n) is 0.872. The van der Waals surface area contributed by atoms with Crippen LogP contribution < -0.4 is 0 Å². The van der Waals surface area contributed by atoms with E-state index in [0.29, 0.717) is 0 Å². The largest absolute Gasteiger partial charge is 0.511 e. The van der Waals surface area contributed by atoms with Crippen molar-refractivity contribution in [2.24, 2.45) is 0 Å². The van der Waals surface area contributed by atoms with Crippen molar-refractivity contribution in [3.05, 3.63) is 0 Å². The minimum absolute atomic E-state index is 0.181. The molecule has 1 nitrogen and oxygen atoms in total. The molecule has 0 heterocycles. The molecule has 0 amide bonds. The van der Waals surface area contributed by atoms with Crippen molar-refractivity contribution in [2.45, 2.75) is 26.4 Å². The Hall–Kier alpha value is 0.110. The van der Waals surface area contributed by atoms with E-state index >= 15 is 0 Å². The Morgan fingerprint density at radius 1 is 1.88 bits per heavy atom.